The number of carbonyl (C=O) groups excluding carboxylic acids is 1. The number of fused-ring (bicyclic) bond motifs is 1. The van der Waals surface area contributed by atoms with Crippen LogP contribution in [0.3, 0.4) is 0 Å². The van der Waals surface area contributed by atoms with Gasteiger partial charge in [0.2, 0.25) is 11.7 Å². The number of ketones is 1. The summed E-state index contributed by atoms with van der Waals surface area (Å²) in [6.45, 7) is 0. The molecule has 1 aliphatic heterocycles. The number of aryl methyl sites for hydroxylation is 1. The van der Waals surface area contributed by atoms with Crippen LogP contribution < -0.4 is 5.32 Å². The van der Waals surface area contributed by atoms with Crippen LogP contribution in [0, 0.1) is 0 Å². The Bertz CT molecular complexity index is 1570. The van der Waals surface area contributed by atoms with Gasteiger partial charge in [0.1, 0.15) is 0 Å². The molecule has 3 heterocycles. The van der Waals surface area contributed by atoms with Gasteiger partial charge in [-0.2, -0.15) is 4.80 Å². The van der Waals surface area contributed by atoms with Crippen LogP contribution in [-0.2, 0) is 18.3 Å². The molecule has 1 N–H and O–H groups in total. The van der Waals surface area contributed by atoms with Gasteiger partial charge in [-0.15, -0.1) is 15.3 Å². The van der Waals surface area contributed by atoms with Crippen molar-refractivity contribution in [3.05, 3.63) is 95.6 Å². The highest BCUT2D eigenvalue weighted by Crippen LogP contribution is 2.25. The van der Waals surface area contributed by atoms with Gasteiger partial charge in [-0.3, -0.25) is 9.79 Å². The summed E-state index contributed by atoms with van der Waals surface area (Å²) in [7, 11) is 1.71. The van der Waals surface area contributed by atoms with Gasteiger partial charge in [-0.25, -0.2) is 0 Å². The van der Waals surface area contributed by atoms with E-state index in [4.69, 9.17) is 9.41 Å². The second-order valence-electron chi connectivity index (χ2n) is 8.28. The first kappa shape index (κ1) is 21.5. The van der Waals surface area contributed by atoms with Gasteiger partial charge >= 0.3 is 6.01 Å². The van der Waals surface area contributed by atoms with Crippen LogP contribution in [0.2, 0.25) is 0 Å². The van der Waals surface area contributed by atoms with E-state index in [1.54, 1.807) is 7.05 Å². The highest BCUT2D eigenvalue weighted by Gasteiger charge is 2.27. The maximum Gasteiger partial charge on any atom is 0.317 e. The molecule has 1 aliphatic rings. The Balaban J connectivity index is 1.28. The van der Waals surface area contributed by atoms with E-state index in [1.165, 1.54) is 4.80 Å². The number of aliphatic imine (C=N–C) groups is 1. The molecule has 10 nitrogen and oxygen atoms in total. The average Bonchev–Trinajstić information content (AvgIpc) is 3.53. The monoisotopic (exact) mass is 476 g/mol. The van der Waals surface area contributed by atoms with Crippen LogP contribution >= 0.6 is 0 Å². The molecule has 10 heteroatoms. The summed E-state index contributed by atoms with van der Waals surface area (Å²) < 4.78 is 5.83. The van der Waals surface area contributed by atoms with Crippen molar-refractivity contribution in [1.82, 2.24) is 30.4 Å². The fourth-order valence-corrected chi connectivity index (χ4v) is 4.08. The SMILES string of the molecule is Cn1nnc(-c2ccc(-c3nnc(NC4N=C(c5ccccc5)c5ccccc5CC4=O)o3)cc2)n1. The molecular formula is C26H20N8O2. The number of tetrazole rings is 1. The average molecular weight is 477 g/mol. The number of carbonyl (C=O) groups is 1. The lowest BCUT2D eigenvalue weighted by molar-refractivity contribution is -0.119. The van der Waals surface area contributed by atoms with Crippen molar-refractivity contribution < 1.29 is 9.21 Å². The first-order valence-electron chi connectivity index (χ1n) is 11.3. The van der Waals surface area contributed by atoms with Gasteiger partial charge in [0.25, 0.3) is 0 Å². The van der Waals surface area contributed by atoms with Crippen LogP contribution in [0.25, 0.3) is 22.8 Å². The highest BCUT2D eigenvalue weighted by atomic mass is 16.4. The normalized spacial score (nSPS) is 15.2. The molecular weight excluding hydrogens is 456 g/mol. The van der Waals surface area contributed by atoms with Crippen LogP contribution in [0.15, 0.2) is 88.3 Å². The number of benzene rings is 3. The van der Waals surface area contributed by atoms with Gasteiger partial charge in [0.05, 0.1) is 12.8 Å². The minimum atomic E-state index is -0.869. The van der Waals surface area contributed by atoms with Crippen LogP contribution in [0.1, 0.15) is 16.7 Å². The summed E-state index contributed by atoms with van der Waals surface area (Å²) in [5, 5.41) is 23.3. The maximum atomic E-state index is 13.1. The number of Topliss-reactive ketones (excluding diaryl/α,β-unsaturated/α-hetero) is 1. The quantitative estimate of drug-likeness (QED) is 0.410. The lowest BCUT2D eigenvalue weighted by atomic mass is 9.96. The third-order valence-electron chi connectivity index (χ3n) is 5.83. The predicted molar refractivity (Wildman–Crippen MR) is 132 cm³/mol. The van der Waals surface area contributed by atoms with E-state index < -0.39 is 6.17 Å². The number of rotatable bonds is 5. The minimum absolute atomic E-state index is 0.0889. The zero-order chi connectivity index (χ0) is 24.5. The molecule has 0 radical (unpaired) electrons. The van der Waals surface area contributed by atoms with Crippen molar-refractivity contribution in [2.45, 2.75) is 12.6 Å². The van der Waals surface area contributed by atoms with Crippen molar-refractivity contribution in [2.75, 3.05) is 5.32 Å². The van der Waals surface area contributed by atoms with E-state index >= 15 is 0 Å². The molecule has 0 amide bonds. The number of anilines is 1. The third kappa shape index (κ3) is 4.16. The molecule has 3 aromatic carbocycles. The van der Waals surface area contributed by atoms with E-state index in [-0.39, 0.29) is 18.2 Å². The smallest absolute Gasteiger partial charge is 0.317 e. The largest absolute Gasteiger partial charge is 0.403 e. The summed E-state index contributed by atoms with van der Waals surface area (Å²) in [6, 6.07) is 25.1. The van der Waals surface area contributed by atoms with E-state index in [0.29, 0.717) is 11.7 Å². The van der Waals surface area contributed by atoms with E-state index in [2.05, 4.69) is 30.9 Å². The molecule has 0 spiro atoms. The first-order valence-corrected chi connectivity index (χ1v) is 11.3. The van der Waals surface area contributed by atoms with Crippen LogP contribution in [0.4, 0.5) is 6.01 Å². The van der Waals surface area contributed by atoms with Crippen LogP contribution in [-0.4, -0.2) is 48.1 Å². The van der Waals surface area contributed by atoms with Crippen LogP contribution in [0.5, 0.6) is 0 Å². The summed E-state index contributed by atoms with van der Waals surface area (Å²) in [5.41, 5.74) is 5.06. The third-order valence-corrected chi connectivity index (χ3v) is 5.83. The molecule has 0 fully saturated rings. The summed E-state index contributed by atoms with van der Waals surface area (Å²) >= 11 is 0. The lowest BCUT2D eigenvalue weighted by Gasteiger charge is -2.11. The number of nitrogens with zero attached hydrogens (tertiary/aromatic N) is 7. The van der Waals surface area contributed by atoms with E-state index in [0.717, 1.165) is 33.5 Å². The molecule has 176 valence electrons. The van der Waals surface area contributed by atoms with Gasteiger partial charge in [-0.05, 0) is 22.9 Å². The molecule has 5 aromatic rings. The highest BCUT2D eigenvalue weighted by molar-refractivity contribution is 6.16. The van der Waals surface area contributed by atoms with Crippen molar-refractivity contribution in [2.24, 2.45) is 12.0 Å². The van der Waals surface area contributed by atoms with Crippen molar-refractivity contribution in [3.8, 4) is 22.8 Å². The Morgan fingerprint density at radius 3 is 2.39 bits per heavy atom. The zero-order valence-corrected chi connectivity index (χ0v) is 19.2. The molecule has 0 aliphatic carbocycles. The zero-order valence-electron chi connectivity index (χ0n) is 19.2. The Labute approximate surface area is 205 Å². The molecule has 0 saturated heterocycles. The Hall–Kier alpha value is -4.99. The molecule has 6 rings (SSSR count). The topological polar surface area (TPSA) is 124 Å². The van der Waals surface area contributed by atoms with Gasteiger partial charge < -0.3 is 9.73 Å². The summed E-state index contributed by atoms with van der Waals surface area (Å²) in [5.74, 6) is 0.749. The first-order chi connectivity index (χ1) is 17.6. The lowest BCUT2D eigenvalue weighted by Crippen LogP contribution is -2.29. The molecule has 36 heavy (non-hydrogen) atoms. The molecule has 0 saturated carbocycles. The second-order valence-corrected chi connectivity index (χ2v) is 8.28. The summed E-state index contributed by atoms with van der Waals surface area (Å²) in [4.78, 5) is 19.3. The number of aromatic nitrogens is 6. The molecule has 1 unspecified atom stereocenters. The fraction of sp³-hybridized carbons (Fsp3) is 0.115. The van der Waals surface area contributed by atoms with E-state index in [9.17, 15) is 4.79 Å². The Morgan fingerprint density at radius 2 is 1.61 bits per heavy atom. The second kappa shape index (κ2) is 8.99. The predicted octanol–water partition coefficient (Wildman–Crippen LogP) is 3.33. The molecule has 0 bridgehead atoms. The fourth-order valence-electron chi connectivity index (χ4n) is 4.08. The summed E-state index contributed by atoms with van der Waals surface area (Å²) in [6.07, 6.45) is -0.627. The molecule has 1 atom stereocenters. The number of hydrogen-bond donors (Lipinski definition) is 1. The van der Waals surface area contributed by atoms with Crippen molar-refractivity contribution >= 4 is 17.5 Å². The van der Waals surface area contributed by atoms with Crippen molar-refractivity contribution in [1.29, 1.82) is 0 Å². The van der Waals surface area contributed by atoms with Crippen molar-refractivity contribution in [3.63, 3.8) is 0 Å². The number of nitrogens with one attached hydrogen (secondary N) is 1. The maximum absolute atomic E-state index is 13.1. The van der Waals surface area contributed by atoms with Gasteiger partial charge in [0, 0.05) is 28.7 Å². The van der Waals surface area contributed by atoms with E-state index in [1.807, 2.05) is 78.9 Å². The standard InChI is InChI=1S/C26H20N8O2/c1-34-32-23(29-33-34)17-11-13-18(14-12-17)25-30-31-26(36-25)28-24-21(35)15-19-9-5-6-10-20(19)22(27-24)16-7-3-2-4-8-16/h2-14,24H,15H2,1H3,(H,28,31). The number of hydrogen-bond acceptors (Lipinski definition) is 9. The van der Waals surface area contributed by atoms with Gasteiger partial charge in [-0.1, -0.05) is 71.8 Å². The Kier molecular flexibility index (Phi) is 5.38. The van der Waals surface area contributed by atoms with Gasteiger partial charge in [0.15, 0.2) is 11.9 Å². The minimum Gasteiger partial charge on any atom is -0.403 e. The Morgan fingerprint density at radius 1 is 0.861 bits per heavy atom. The molecule has 2 aromatic heterocycles.